The van der Waals surface area contributed by atoms with Crippen LogP contribution in [0.1, 0.15) is 38.2 Å². The van der Waals surface area contributed by atoms with Crippen molar-refractivity contribution in [3.8, 4) is 5.88 Å². The molecule has 0 unspecified atom stereocenters. The summed E-state index contributed by atoms with van der Waals surface area (Å²) in [5.41, 5.74) is 2.07. The van der Waals surface area contributed by atoms with Gasteiger partial charge in [-0.05, 0) is 44.2 Å². The minimum Gasteiger partial charge on any atom is -0.478 e. The highest BCUT2D eigenvalue weighted by atomic mass is 16.5. The largest absolute Gasteiger partial charge is 0.478 e. The maximum absolute atomic E-state index is 13.6. The van der Waals surface area contributed by atoms with Crippen molar-refractivity contribution in [2.45, 2.75) is 39.2 Å². The number of aromatic amines is 1. The van der Waals surface area contributed by atoms with E-state index in [0.717, 1.165) is 50.8 Å². The lowest BCUT2D eigenvalue weighted by Crippen LogP contribution is -2.53. The summed E-state index contributed by atoms with van der Waals surface area (Å²) < 4.78 is 5.52. The van der Waals surface area contributed by atoms with Gasteiger partial charge < -0.3 is 19.5 Å². The molecule has 4 heterocycles. The number of fused-ring (bicyclic) bond motifs is 1. The second-order valence-corrected chi connectivity index (χ2v) is 8.59. The van der Waals surface area contributed by atoms with Crippen LogP contribution in [0.5, 0.6) is 5.88 Å². The number of rotatable bonds is 5. The fourth-order valence-corrected chi connectivity index (χ4v) is 5.08. The van der Waals surface area contributed by atoms with Crippen molar-refractivity contribution in [2.75, 3.05) is 31.1 Å². The number of H-pyrrole nitrogens is 1. The molecule has 2 aromatic heterocycles. The van der Waals surface area contributed by atoms with Crippen molar-refractivity contribution in [3.63, 3.8) is 0 Å². The highest BCUT2D eigenvalue weighted by molar-refractivity contribution is 5.86. The SMILES string of the molecule is CCOc1ccnc(N2CCC3(CCCN(Cc4c[nH]c5ccccc45)C3=O)CC2)n1. The van der Waals surface area contributed by atoms with E-state index >= 15 is 0 Å². The minimum absolute atomic E-state index is 0.252. The maximum atomic E-state index is 13.6. The van der Waals surface area contributed by atoms with Gasteiger partial charge in [-0.15, -0.1) is 0 Å². The van der Waals surface area contributed by atoms with Gasteiger partial charge in [-0.25, -0.2) is 4.98 Å². The van der Waals surface area contributed by atoms with E-state index in [1.54, 1.807) is 12.3 Å². The molecule has 0 aliphatic carbocycles. The molecule has 5 rings (SSSR count). The molecule has 0 saturated carbocycles. The molecule has 0 bridgehead atoms. The Kier molecular flexibility index (Phi) is 5.26. The zero-order chi connectivity index (χ0) is 21.3. The molecule has 1 aromatic carbocycles. The lowest BCUT2D eigenvalue weighted by Gasteiger charge is -2.46. The highest BCUT2D eigenvalue weighted by Gasteiger charge is 2.46. The van der Waals surface area contributed by atoms with Crippen LogP contribution in [-0.4, -0.2) is 52.0 Å². The minimum atomic E-state index is -0.252. The number of hydrogen-bond acceptors (Lipinski definition) is 5. The number of benzene rings is 1. The Labute approximate surface area is 182 Å². The predicted molar refractivity (Wildman–Crippen MR) is 120 cm³/mol. The van der Waals surface area contributed by atoms with Gasteiger partial charge in [0.1, 0.15) is 0 Å². The lowest BCUT2D eigenvalue weighted by molar-refractivity contribution is -0.148. The number of ether oxygens (including phenoxy) is 1. The van der Waals surface area contributed by atoms with E-state index in [1.807, 2.05) is 19.2 Å². The Balaban J connectivity index is 1.28. The first-order valence-electron chi connectivity index (χ1n) is 11.2. The number of carbonyl (C=O) groups excluding carboxylic acids is 1. The van der Waals surface area contributed by atoms with Crippen molar-refractivity contribution in [3.05, 3.63) is 48.3 Å². The fraction of sp³-hybridized carbons (Fsp3) is 0.458. The smallest absolute Gasteiger partial charge is 0.229 e. The summed E-state index contributed by atoms with van der Waals surface area (Å²) in [4.78, 5) is 30.1. The van der Waals surface area contributed by atoms with E-state index in [1.165, 1.54) is 10.9 Å². The summed E-state index contributed by atoms with van der Waals surface area (Å²) in [6.07, 6.45) is 7.52. The van der Waals surface area contributed by atoms with Crippen LogP contribution in [0.25, 0.3) is 10.9 Å². The number of amides is 1. The summed E-state index contributed by atoms with van der Waals surface area (Å²) in [6.45, 7) is 5.63. The molecule has 7 heteroatoms. The van der Waals surface area contributed by atoms with Gasteiger partial charge in [0.2, 0.25) is 17.7 Å². The second kappa shape index (κ2) is 8.21. The molecule has 1 spiro atoms. The number of nitrogens with zero attached hydrogens (tertiary/aromatic N) is 4. The van der Waals surface area contributed by atoms with Gasteiger partial charge in [-0.2, -0.15) is 4.98 Å². The number of hydrogen-bond donors (Lipinski definition) is 1. The van der Waals surface area contributed by atoms with Crippen LogP contribution >= 0.6 is 0 Å². The van der Waals surface area contributed by atoms with E-state index in [-0.39, 0.29) is 5.41 Å². The molecule has 7 nitrogen and oxygen atoms in total. The third-order valence-corrected chi connectivity index (χ3v) is 6.77. The first-order chi connectivity index (χ1) is 15.2. The molecule has 2 saturated heterocycles. The van der Waals surface area contributed by atoms with Crippen LogP contribution in [-0.2, 0) is 11.3 Å². The monoisotopic (exact) mass is 419 g/mol. The number of aromatic nitrogens is 3. The normalized spacial score (nSPS) is 18.7. The number of nitrogens with one attached hydrogen (secondary N) is 1. The Bertz CT molecular complexity index is 1070. The van der Waals surface area contributed by atoms with Crippen LogP contribution in [0.4, 0.5) is 5.95 Å². The van der Waals surface area contributed by atoms with E-state index < -0.39 is 0 Å². The van der Waals surface area contributed by atoms with E-state index in [4.69, 9.17) is 4.74 Å². The number of likely N-dealkylation sites (tertiary alicyclic amines) is 1. The van der Waals surface area contributed by atoms with Crippen LogP contribution in [0.15, 0.2) is 42.7 Å². The molecule has 0 radical (unpaired) electrons. The second-order valence-electron chi connectivity index (χ2n) is 8.59. The molecular weight excluding hydrogens is 390 g/mol. The first kappa shape index (κ1) is 19.8. The van der Waals surface area contributed by atoms with Gasteiger partial charge in [-0.3, -0.25) is 4.79 Å². The van der Waals surface area contributed by atoms with Crippen molar-refractivity contribution in [1.29, 1.82) is 0 Å². The van der Waals surface area contributed by atoms with Gasteiger partial charge in [0, 0.05) is 55.5 Å². The summed E-state index contributed by atoms with van der Waals surface area (Å²) >= 11 is 0. The molecular formula is C24H29N5O2. The quantitative estimate of drug-likeness (QED) is 0.682. The molecule has 2 aliphatic rings. The van der Waals surface area contributed by atoms with Gasteiger partial charge in [0.05, 0.1) is 12.0 Å². The summed E-state index contributed by atoms with van der Waals surface area (Å²) in [5, 5.41) is 1.20. The maximum Gasteiger partial charge on any atom is 0.229 e. The summed E-state index contributed by atoms with van der Waals surface area (Å²) in [7, 11) is 0. The standard InChI is InChI=1S/C24H29N5O2/c1-2-31-21-8-12-25-23(27-21)28-14-10-24(11-15-28)9-5-13-29(22(24)30)17-18-16-26-20-7-4-3-6-19(18)20/h3-4,6-8,12,16,26H,2,5,9-11,13-15,17H2,1H3. The van der Waals surface area contributed by atoms with Crippen LogP contribution in [0.3, 0.4) is 0 Å². The van der Waals surface area contributed by atoms with Crippen LogP contribution in [0.2, 0.25) is 0 Å². The summed E-state index contributed by atoms with van der Waals surface area (Å²) in [5.74, 6) is 1.61. The van der Waals surface area contributed by atoms with Gasteiger partial charge in [-0.1, -0.05) is 18.2 Å². The molecule has 31 heavy (non-hydrogen) atoms. The average Bonchev–Trinajstić information content (AvgIpc) is 3.21. The number of anilines is 1. The van der Waals surface area contributed by atoms with Crippen LogP contribution in [0, 0.1) is 5.41 Å². The van der Waals surface area contributed by atoms with Gasteiger partial charge in [0.15, 0.2) is 0 Å². The third kappa shape index (κ3) is 3.73. The molecule has 2 aliphatic heterocycles. The summed E-state index contributed by atoms with van der Waals surface area (Å²) in [6, 6.07) is 10.1. The molecule has 1 amide bonds. The predicted octanol–water partition coefficient (Wildman–Crippen LogP) is 3.77. The first-order valence-corrected chi connectivity index (χ1v) is 11.2. The Morgan fingerprint density at radius 1 is 1.13 bits per heavy atom. The van der Waals surface area contributed by atoms with E-state index in [0.29, 0.717) is 30.9 Å². The highest BCUT2D eigenvalue weighted by Crippen LogP contribution is 2.42. The van der Waals surface area contributed by atoms with Crippen molar-refractivity contribution < 1.29 is 9.53 Å². The number of carbonyl (C=O) groups is 1. The lowest BCUT2D eigenvalue weighted by atomic mass is 9.71. The Hall–Kier alpha value is -3.09. The van der Waals surface area contributed by atoms with Crippen LogP contribution < -0.4 is 9.64 Å². The number of piperidine rings is 2. The van der Waals surface area contributed by atoms with Gasteiger partial charge >= 0.3 is 0 Å². The topological polar surface area (TPSA) is 74.3 Å². The van der Waals surface area contributed by atoms with Crippen molar-refractivity contribution in [2.24, 2.45) is 5.41 Å². The molecule has 2 fully saturated rings. The molecule has 0 atom stereocenters. The van der Waals surface area contributed by atoms with Crippen molar-refractivity contribution >= 4 is 22.8 Å². The fourth-order valence-electron chi connectivity index (χ4n) is 5.08. The van der Waals surface area contributed by atoms with Gasteiger partial charge in [0.25, 0.3) is 0 Å². The zero-order valence-corrected chi connectivity index (χ0v) is 18.0. The molecule has 162 valence electrons. The molecule has 1 N–H and O–H groups in total. The van der Waals surface area contributed by atoms with E-state index in [9.17, 15) is 4.79 Å². The third-order valence-electron chi connectivity index (χ3n) is 6.77. The van der Waals surface area contributed by atoms with E-state index in [2.05, 4.69) is 43.0 Å². The Morgan fingerprint density at radius 2 is 1.97 bits per heavy atom. The Morgan fingerprint density at radius 3 is 2.81 bits per heavy atom. The number of para-hydroxylation sites is 1. The molecule has 3 aromatic rings. The van der Waals surface area contributed by atoms with Crippen molar-refractivity contribution in [1.82, 2.24) is 19.9 Å². The zero-order valence-electron chi connectivity index (χ0n) is 18.0. The average molecular weight is 420 g/mol.